The summed E-state index contributed by atoms with van der Waals surface area (Å²) in [5.41, 5.74) is 4.57. The lowest BCUT2D eigenvalue weighted by Gasteiger charge is -2.11. The van der Waals surface area contributed by atoms with Crippen molar-refractivity contribution in [3.63, 3.8) is 0 Å². The second-order valence-corrected chi connectivity index (χ2v) is 9.12. The minimum atomic E-state index is -0.436. The molecule has 1 aliphatic rings. The van der Waals surface area contributed by atoms with Crippen LogP contribution in [0.3, 0.4) is 0 Å². The van der Waals surface area contributed by atoms with E-state index in [2.05, 4.69) is 55.7 Å². The van der Waals surface area contributed by atoms with Gasteiger partial charge in [0.1, 0.15) is 12.4 Å². The quantitative estimate of drug-likeness (QED) is 0.166. The Morgan fingerprint density at radius 2 is 1.79 bits per heavy atom. The van der Waals surface area contributed by atoms with Gasteiger partial charge < -0.3 is 14.2 Å². The summed E-state index contributed by atoms with van der Waals surface area (Å²) in [5, 5.41) is 14.8. The zero-order valence-electron chi connectivity index (χ0n) is 16.8. The van der Waals surface area contributed by atoms with Crippen LogP contribution in [0.5, 0.6) is 17.2 Å². The largest absolute Gasteiger partial charge is 0.487 e. The number of hydrazone groups is 1. The molecular formula is C22H15I2N3O6. The van der Waals surface area contributed by atoms with E-state index in [1.165, 1.54) is 12.1 Å². The van der Waals surface area contributed by atoms with Gasteiger partial charge in [-0.25, -0.2) is 5.43 Å². The minimum absolute atomic E-state index is 0.0390. The fourth-order valence-electron chi connectivity index (χ4n) is 2.93. The van der Waals surface area contributed by atoms with Gasteiger partial charge in [0, 0.05) is 17.7 Å². The lowest BCUT2D eigenvalue weighted by atomic mass is 10.2. The van der Waals surface area contributed by atoms with Crippen molar-refractivity contribution in [3.05, 3.63) is 88.5 Å². The minimum Gasteiger partial charge on any atom is -0.487 e. The van der Waals surface area contributed by atoms with E-state index in [0.29, 0.717) is 22.8 Å². The van der Waals surface area contributed by atoms with E-state index < -0.39 is 4.92 Å². The number of carbonyl (C=O) groups excluding carboxylic acids is 1. The highest BCUT2D eigenvalue weighted by molar-refractivity contribution is 14.1. The number of amides is 1. The lowest BCUT2D eigenvalue weighted by Crippen LogP contribution is -2.17. The van der Waals surface area contributed by atoms with Gasteiger partial charge in [-0.2, -0.15) is 5.10 Å². The van der Waals surface area contributed by atoms with Gasteiger partial charge >= 0.3 is 0 Å². The van der Waals surface area contributed by atoms with Gasteiger partial charge in [-0.1, -0.05) is 0 Å². The number of nitro groups is 1. The molecule has 1 aliphatic heterocycles. The molecule has 9 nitrogen and oxygen atoms in total. The van der Waals surface area contributed by atoms with Crippen LogP contribution in [0, 0.1) is 17.3 Å². The number of non-ortho nitro benzene ring substituents is 1. The SMILES string of the molecule is O=C(N/N=C\c1cc(I)c(OCc2ccc([N+](=O)[O-])cc2)c(I)c1)c1ccc2c(c1)OCO2. The lowest BCUT2D eigenvalue weighted by molar-refractivity contribution is -0.384. The number of halogens is 2. The fourth-order valence-corrected chi connectivity index (χ4v) is 5.06. The van der Waals surface area contributed by atoms with Gasteiger partial charge in [-0.05, 0) is 98.8 Å². The molecule has 168 valence electrons. The third-order valence-electron chi connectivity index (χ3n) is 4.57. The van der Waals surface area contributed by atoms with Crippen molar-refractivity contribution < 1.29 is 23.9 Å². The topological polar surface area (TPSA) is 112 Å². The van der Waals surface area contributed by atoms with Gasteiger partial charge in [0.2, 0.25) is 6.79 Å². The summed E-state index contributed by atoms with van der Waals surface area (Å²) < 4.78 is 18.2. The Morgan fingerprint density at radius 3 is 2.48 bits per heavy atom. The zero-order valence-corrected chi connectivity index (χ0v) is 21.1. The Kier molecular flexibility index (Phi) is 7.27. The van der Waals surface area contributed by atoms with Crippen LogP contribution in [-0.4, -0.2) is 23.8 Å². The van der Waals surface area contributed by atoms with Crippen LogP contribution in [0.2, 0.25) is 0 Å². The van der Waals surface area contributed by atoms with Crippen LogP contribution in [-0.2, 0) is 6.61 Å². The molecule has 4 rings (SSSR count). The Labute approximate surface area is 215 Å². The molecule has 0 fully saturated rings. The highest BCUT2D eigenvalue weighted by Crippen LogP contribution is 2.32. The fraction of sp³-hybridized carbons (Fsp3) is 0.0909. The van der Waals surface area contributed by atoms with Crippen molar-refractivity contribution in [2.24, 2.45) is 5.10 Å². The summed E-state index contributed by atoms with van der Waals surface area (Å²) in [5.74, 6) is 1.48. The standard InChI is InChI=1S/C22H15I2N3O6/c23-17-7-14(10-25-26-22(28)15-3-6-19-20(9-15)33-12-32-19)8-18(24)21(17)31-11-13-1-4-16(5-2-13)27(29)30/h1-10H,11-12H2,(H,26,28)/b25-10-. The number of hydrogen-bond acceptors (Lipinski definition) is 7. The predicted molar refractivity (Wildman–Crippen MR) is 137 cm³/mol. The first-order valence-corrected chi connectivity index (χ1v) is 11.6. The molecule has 0 atom stereocenters. The monoisotopic (exact) mass is 671 g/mol. The molecular weight excluding hydrogens is 656 g/mol. The number of ether oxygens (including phenoxy) is 3. The normalized spacial score (nSPS) is 12.1. The van der Waals surface area contributed by atoms with Crippen LogP contribution >= 0.6 is 45.2 Å². The predicted octanol–water partition coefficient (Wildman–Crippen LogP) is 4.88. The Morgan fingerprint density at radius 1 is 1.09 bits per heavy atom. The van der Waals surface area contributed by atoms with Crippen LogP contribution in [0.25, 0.3) is 0 Å². The molecule has 1 N–H and O–H groups in total. The van der Waals surface area contributed by atoms with Gasteiger partial charge in [0.05, 0.1) is 18.3 Å². The number of nitrogens with one attached hydrogen (secondary N) is 1. The number of nitrogens with zero attached hydrogens (tertiary/aromatic N) is 2. The molecule has 1 amide bonds. The molecule has 0 unspecified atom stereocenters. The number of carbonyl (C=O) groups is 1. The zero-order chi connectivity index (χ0) is 23.4. The van der Waals surface area contributed by atoms with Gasteiger partial charge in [0.15, 0.2) is 11.5 Å². The first-order chi connectivity index (χ1) is 15.9. The van der Waals surface area contributed by atoms with Crippen molar-refractivity contribution in [2.75, 3.05) is 6.79 Å². The summed E-state index contributed by atoms with van der Waals surface area (Å²) in [6.45, 7) is 0.423. The van der Waals surface area contributed by atoms with Crippen molar-refractivity contribution in [1.29, 1.82) is 0 Å². The van der Waals surface area contributed by atoms with Crippen LogP contribution < -0.4 is 19.6 Å². The average molecular weight is 671 g/mol. The van der Waals surface area contributed by atoms with Gasteiger partial charge in [-0.15, -0.1) is 0 Å². The first-order valence-electron chi connectivity index (χ1n) is 9.49. The highest BCUT2D eigenvalue weighted by atomic mass is 127. The van der Waals surface area contributed by atoms with E-state index in [4.69, 9.17) is 14.2 Å². The number of rotatable bonds is 7. The molecule has 3 aromatic rings. The van der Waals surface area contributed by atoms with Gasteiger partial charge in [0.25, 0.3) is 11.6 Å². The molecule has 3 aromatic carbocycles. The Balaban J connectivity index is 1.37. The summed E-state index contributed by atoms with van der Waals surface area (Å²) in [4.78, 5) is 22.7. The van der Waals surface area contributed by atoms with E-state index >= 15 is 0 Å². The number of hydrogen-bond donors (Lipinski definition) is 1. The molecule has 0 aliphatic carbocycles. The molecule has 33 heavy (non-hydrogen) atoms. The average Bonchev–Trinajstić information content (AvgIpc) is 3.26. The molecule has 0 saturated carbocycles. The summed E-state index contributed by atoms with van der Waals surface area (Å²) in [6, 6.07) is 14.9. The second kappa shape index (κ2) is 10.3. The second-order valence-electron chi connectivity index (χ2n) is 6.79. The van der Waals surface area contributed by atoms with Crippen molar-refractivity contribution in [3.8, 4) is 17.2 Å². The van der Waals surface area contributed by atoms with Crippen LogP contribution in [0.4, 0.5) is 5.69 Å². The Hall–Kier alpha value is -2.94. The van der Waals surface area contributed by atoms with Crippen molar-refractivity contribution >= 4 is 63.0 Å². The van der Waals surface area contributed by atoms with Crippen molar-refractivity contribution in [1.82, 2.24) is 5.43 Å². The maximum Gasteiger partial charge on any atom is 0.271 e. The number of benzene rings is 3. The van der Waals surface area contributed by atoms with Gasteiger partial charge in [-0.3, -0.25) is 14.9 Å². The molecule has 0 spiro atoms. The van der Waals surface area contributed by atoms with Crippen molar-refractivity contribution in [2.45, 2.75) is 6.61 Å². The molecule has 1 heterocycles. The number of nitro benzene ring substituents is 1. The maximum absolute atomic E-state index is 12.3. The third-order valence-corrected chi connectivity index (χ3v) is 6.17. The third kappa shape index (κ3) is 5.71. The highest BCUT2D eigenvalue weighted by Gasteiger charge is 2.16. The molecule has 0 radical (unpaired) electrons. The van der Waals surface area contributed by atoms with E-state index in [9.17, 15) is 14.9 Å². The smallest absolute Gasteiger partial charge is 0.271 e. The number of fused-ring (bicyclic) bond motifs is 1. The first kappa shape index (κ1) is 23.2. The Bertz CT molecular complexity index is 1220. The maximum atomic E-state index is 12.3. The van der Waals surface area contributed by atoms with Crippen LogP contribution in [0.15, 0.2) is 59.7 Å². The molecule has 0 aromatic heterocycles. The summed E-state index contributed by atoms with van der Waals surface area (Å²) >= 11 is 4.33. The van der Waals surface area contributed by atoms with E-state index in [-0.39, 0.29) is 25.0 Å². The summed E-state index contributed by atoms with van der Waals surface area (Å²) in [6.07, 6.45) is 1.55. The molecule has 0 saturated heterocycles. The molecule has 11 heteroatoms. The van der Waals surface area contributed by atoms with Crippen LogP contribution in [0.1, 0.15) is 21.5 Å². The van der Waals surface area contributed by atoms with E-state index in [1.807, 2.05) is 12.1 Å². The summed E-state index contributed by atoms with van der Waals surface area (Å²) in [7, 11) is 0. The molecule has 0 bridgehead atoms. The van der Waals surface area contributed by atoms with E-state index in [0.717, 1.165) is 18.3 Å². The van der Waals surface area contributed by atoms with E-state index in [1.54, 1.807) is 36.5 Å².